The highest BCUT2D eigenvalue weighted by Crippen LogP contribution is 2.38. The van der Waals surface area contributed by atoms with Gasteiger partial charge in [0, 0.05) is 29.1 Å². The van der Waals surface area contributed by atoms with Gasteiger partial charge in [-0.1, -0.05) is 54.6 Å². The highest BCUT2D eigenvalue weighted by Gasteiger charge is 2.26. The quantitative estimate of drug-likeness (QED) is 0.172. The second-order valence-electron chi connectivity index (χ2n) is 6.79. The Morgan fingerprint density at radius 2 is 1.94 bits per heavy atom. The van der Waals surface area contributed by atoms with Crippen LogP contribution in [0.25, 0.3) is 22.1 Å². The zero-order valence-electron chi connectivity index (χ0n) is 17.6. The van der Waals surface area contributed by atoms with Crippen molar-refractivity contribution in [2.75, 3.05) is 18.3 Å². The molecule has 164 valence electrons. The minimum Gasteiger partial charge on any atom is -0.492 e. The van der Waals surface area contributed by atoms with Crippen molar-refractivity contribution in [2.45, 2.75) is 6.92 Å². The molecule has 32 heavy (non-hydrogen) atoms. The van der Waals surface area contributed by atoms with E-state index in [1.807, 2.05) is 42.5 Å². The monoisotopic (exact) mass is 469 g/mol. The average Bonchev–Trinajstić information content (AvgIpc) is 3.14. The molecule has 0 unspecified atom stereocenters. The van der Waals surface area contributed by atoms with E-state index >= 15 is 0 Å². The number of hydrogen-bond acceptors (Lipinski definition) is 4. The summed E-state index contributed by atoms with van der Waals surface area (Å²) < 4.78 is 11.4. The number of halogens is 2. The number of rotatable bonds is 8. The van der Waals surface area contributed by atoms with E-state index in [2.05, 4.69) is 11.9 Å². The molecule has 0 aliphatic rings. The number of carbonyl (C=O) groups is 2. The Labute approximate surface area is 196 Å². The van der Waals surface area contributed by atoms with E-state index in [0.717, 1.165) is 11.1 Å². The van der Waals surface area contributed by atoms with Gasteiger partial charge in [0.2, 0.25) is 17.5 Å². The van der Waals surface area contributed by atoms with Gasteiger partial charge in [0.05, 0.1) is 12.5 Å². The Balaban J connectivity index is 2.09. The molecule has 7 heteroatoms. The molecule has 0 aliphatic heterocycles. The number of allylic oxidation sites excluding steroid dienone is 5. The summed E-state index contributed by atoms with van der Waals surface area (Å²) in [6, 6.07) is 13.0. The summed E-state index contributed by atoms with van der Waals surface area (Å²) in [7, 11) is 1.47. The van der Waals surface area contributed by atoms with Gasteiger partial charge >= 0.3 is 0 Å². The Bertz CT molecular complexity index is 1250. The number of furan rings is 1. The number of hydrogen-bond donors (Lipinski definition) is 1. The topological polar surface area (TPSA) is 68.5 Å². The minimum atomic E-state index is -0.446. The third-order valence-electron chi connectivity index (χ3n) is 4.61. The van der Waals surface area contributed by atoms with E-state index < -0.39 is 5.78 Å². The third-order valence-corrected chi connectivity index (χ3v) is 5.13. The first-order valence-corrected chi connectivity index (χ1v) is 10.6. The van der Waals surface area contributed by atoms with Crippen molar-refractivity contribution >= 4 is 51.5 Å². The fourth-order valence-corrected chi connectivity index (χ4v) is 3.73. The summed E-state index contributed by atoms with van der Waals surface area (Å²) in [4.78, 5) is 24.6. The van der Waals surface area contributed by atoms with Gasteiger partial charge in [-0.2, -0.15) is 0 Å². The zero-order chi connectivity index (χ0) is 23.3. The molecule has 5 nitrogen and oxygen atoms in total. The number of ketones is 1. The summed E-state index contributed by atoms with van der Waals surface area (Å²) in [5.41, 5.74) is 3.08. The summed E-state index contributed by atoms with van der Waals surface area (Å²) in [6.45, 7) is 5.09. The van der Waals surface area contributed by atoms with Crippen molar-refractivity contribution in [3.05, 3.63) is 83.6 Å². The normalized spacial score (nSPS) is 12.0. The van der Waals surface area contributed by atoms with Crippen molar-refractivity contribution < 1.29 is 18.7 Å². The first kappa shape index (κ1) is 23.4. The van der Waals surface area contributed by atoms with Gasteiger partial charge in [-0.25, -0.2) is 0 Å². The van der Waals surface area contributed by atoms with E-state index in [1.165, 1.54) is 32.3 Å². The largest absolute Gasteiger partial charge is 0.492 e. The molecular weight excluding hydrogens is 449 g/mol. The molecule has 0 atom stereocenters. The number of methoxy groups -OCH3 is 1. The van der Waals surface area contributed by atoms with Crippen LogP contribution < -0.4 is 10.1 Å². The number of ether oxygens (including phenoxy) is 1. The van der Waals surface area contributed by atoms with Crippen LogP contribution in [0.5, 0.6) is 5.75 Å². The number of Topliss-reactive ketones (excluding diaryl/α,β-unsaturated/α-hetero) is 1. The van der Waals surface area contributed by atoms with Crippen molar-refractivity contribution in [1.82, 2.24) is 0 Å². The highest BCUT2D eigenvalue weighted by molar-refractivity contribution is 6.37. The molecule has 1 amide bonds. The SMILES string of the molecule is C=C/C=C(C(=O)c1oc2cc(-c3cccc(NC(C)=O)c3)ccc2c1OC)/C(Cl)=C\CCl. The van der Waals surface area contributed by atoms with Gasteiger partial charge in [-0.3, -0.25) is 9.59 Å². The van der Waals surface area contributed by atoms with Crippen LogP contribution in [0.1, 0.15) is 17.5 Å². The molecule has 1 N–H and O–H groups in total. The molecule has 0 radical (unpaired) electrons. The van der Waals surface area contributed by atoms with Gasteiger partial charge in [0.25, 0.3) is 0 Å². The van der Waals surface area contributed by atoms with E-state index in [0.29, 0.717) is 22.4 Å². The van der Waals surface area contributed by atoms with Crippen LogP contribution in [-0.2, 0) is 4.79 Å². The lowest BCUT2D eigenvalue weighted by Crippen LogP contribution is -2.05. The number of anilines is 1. The van der Waals surface area contributed by atoms with Crippen LogP contribution in [0.2, 0.25) is 0 Å². The summed E-state index contributed by atoms with van der Waals surface area (Å²) in [6.07, 6.45) is 4.48. The Morgan fingerprint density at radius 1 is 1.19 bits per heavy atom. The first-order valence-electron chi connectivity index (χ1n) is 9.67. The molecule has 0 saturated heterocycles. The van der Waals surface area contributed by atoms with Crippen LogP contribution in [0, 0.1) is 0 Å². The van der Waals surface area contributed by atoms with Gasteiger partial charge in [-0.05, 0) is 35.4 Å². The van der Waals surface area contributed by atoms with Gasteiger partial charge in [0.1, 0.15) is 5.58 Å². The Kier molecular flexibility index (Phi) is 7.57. The minimum absolute atomic E-state index is 0.0286. The molecule has 0 spiro atoms. The molecule has 0 fully saturated rings. The fraction of sp³-hybridized carbons (Fsp3) is 0.120. The van der Waals surface area contributed by atoms with Crippen LogP contribution in [-0.4, -0.2) is 24.7 Å². The number of benzene rings is 2. The fourth-order valence-electron chi connectivity index (χ4n) is 3.27. The zero-order valence-corrected chi connectivity index (χ0v) is 19.1. The number of nitrogens with one attached hydrogen (secondary N) is 1. The summed E-state index contributed by atoms with van der Waals surface area (Å²) in [5.74, 6) is -0.103. The van der Waals surface area contributed by atoms with E-state index in [-0.39, 0.29) is 28.2 Å². The molecule has 3 rings (SSSR count). The average molecular weight is 470 g/mol. The predicted molar refractivity (Wildman–Crippen MR) is 130 cm³/mol. The summed E-state index contributed by atoms with van der Waals surface area (Å²) >= 11 is 12.0. The molecule has 2 aromatic carbocycles. The van der Waals surface area contributed by atoms with Crippen molar-refractivity contribution in [3.63, 3.8) is 0 Å². The molecule has 1 aromatic heterocycles. The number of amides is 1. The van der Waals surface area contributed by atoms with Crippen LogP contribution in [0.15, 0.2) is 82.3 Å². The molecule has 0 aliphatic carbocycles. The van der Waals surface area contributed by atoms with E-state index in [1.54, 1.807) is 0 Å². The maximum atomic E-state index is 13.2. The second kappa shape index (κ2) is 10.4. The molecule has 1 heterocycles. The van der Waals surface area contributed by atoms with Crippen molar-refractivity contribution in [3.8, 4) is 16.9 Å². The maximum Gasteiger partial charge on any atom is 0.233 e. The van der Waals surface area contributed by atoms with E-state index in [4.69, 9.17) is 32.4 Å². The first-order chi connectivity index (χ1) is 15.4. The Hall–Kier alpha value is -3.28. The van der Waals surface area contributed by atoms with Gasteiger partial charge in [-0.15, -0.1) is 11.6 Å². The smallest absolute Gasteiger partial charge is 0.233 e. The number of carbonyl (C=O) groups excluding carboxylic acids is 2. The Morgan fingerprint density at radius 3 is 2.59 bits per heavy atom. The second-order valence-corrected chi connectivity index (χ2v) is 7.50. The standard InChI is InChI=1S/C25H21Cl2NO4/c1-4-6-19(21(27)11-12-26)23(30)25-24(31-3)20-10-9-17(14-22(20)32-25)16-7-5-8-18(13-16)28-15(2)29/h4-11,13-14H,1,12H2,2-3H3,(H,28,29)/b19-6-,21-11+. The molecule has 0 saturated carbocycles. The van der Waals surface area contributed by atoms with Crippen LogP contribution >= 0.6 is 23.2 Å². The van der Waals surface area contributed by atoms with Gasteiger partial charge < -0.3 is 14.5 Å². The highest BCUT2D eigenvalue weighted by atomic mass is 35.5. The molecule has 0 bridgehead atoms. The van der Waals surface area contributed by atoms with Crippen molar-refractivity contribution in [2.24, 2.45) is 0 Å². The predicted octanol–water partition coefficient (Wildman–Crippen LogP) is 6.72. The third kappa shape index (κ3) is 4.96. The lowest BCUT2D eigenvalue weighted by Gasteiger charge is -2.06. The van der Waals surface area contributed by atoms with E-state index in [9.17, 15) is 9.59 Å². The van der Waals surface area contributed by atoms with Gasteiger partial charge in [0.15, 0.2) is 5.75 Å². The van der Waals surface area contributed by atoms with Crippen LogP contribution in [0.3, 0.4) is 0 Å². The number of fused-ring (bicyclic) bond motifs is 1. The lowest BCUT2D eigenvalue weighted by atomic mass is 10.0. The number of alkyl halides is 1. The summed E-state index contributed by atoms with van der Waals surface area (Å²) in [5, 5.41) is 3.61. The molecule has 3 aromatic rings. The van der Waals surface area contributed by atoms with Crippen LogP contribution in [0.4, 0.5) is 5.69 Å². The maximum absolute atomic E-state index is 13.2. The molecular formula is C25H21Cl2NO4. The van der Waals surface area contributed by atoms with Crippen molar-refractivity contribution in [1.29, 1.82) is 0 Å². The lowest BCUT2D eigenvalue weighted by molar-refractivity contribution is -0.114.